The first-order valence-corrected chi connectivity index (χ1v) is 12.8. The number of ketones is 1. The molecule has 0 bridgehead atoms. The van der Waals surface area contributed by atoms with Crippen molar-refractivity contribution in [2.24, 2.45) is 10.8 Å². The maximum absolute atomic E-state index is 13.8. The molecule has 0 N–H and O–H groups in total. The molecule has 0 radical (unpaired) electrons. The topological polar surface area (TPSA) is 68.1 Å². The summed E-state index contributed by atoms with van der Waals surface area (Å²) in [6.07, 6.45) is 9.87. The molecule has 2 aromatic rings. The second kappa shape index (κ2) is 9.27. The molecule has 184 valence electrons. The SMILES string of the molecule is Cc1c(C(=O)N2CC(C)(C)C[C@@H]2Cc2c(Cl)cncc2Cl)cnn1[C@H]1CC[C@](C)(C(C)=O)CC1. The first-order chi connectivity index (χ1) is 15.9. The number of hydrogen-bond donors (Lipinski definition) is 0. The Balaban J connectivity index is 1.55. The standard InChI is InChI=1S/C26H34Cl2N4O2/c1-16-21(12-30-32(16)18-6-8-26(5,9-7-18)17(2)33)24(34)31-15-25(3,4)11-19(31)10-20-22(27)13-29-14-23(20)28/h12-14,18-19H,6-11,15H2,1-5H3/t18-,19-,26-/m0/s1. The van der Waals surface area contributed by atoms with E-state index in [0.29, 0.717) is 28.6 Å². The summed E-state index contributed by atoms with van der Waals surface area (Å²) < 4.78 is 2.00. The van der Waals surface area contributed by atoms with Crippen LogP contribution in [0, 0.1) is 17.8 Å². The number of nitrogens with zero attached hydrogens (tertiary/aromatic N) is 4. The normalized spacial score (nSPS) is 26.6. The Morgan fingerprint density at radius 2 is 1.71 bits per heavy atom. The van der Waals surface area contributed by atoms with Gasteiger partial charge >= 0.3 is 0 Å². The third-order valence-electron chi connectivity index (χ3n) is 8.01. The van der Waals surface area contributed by atoms with Gasteiger partial charge in [0.2, 0.25) is 0 Å². The van der Waals surface area contributed by atoms with Crippen molar-refractivity contribution in [2.45, 2.75) is 85.2 Å². The molecule has 6 nitrogen and oxygen atoms in total. The van der Waals surface area contributed by atoms with Gasteiger partial charge in [0.05, 0.1) is 27.8 Å². The van der Waals surface area contributed by atoms with E-state index < -0.39 is 0 Å². The molecule has 1 atom stereocenters. The Morgan fingerprint density at radius 1 is 1.09 bits per heavy atom. The number of aromatic nitrogens is 3. The molecule has 34 heavy (non-hydrogen) atoms. The summed E-state index contributed by atoms with van der Waals surface area (Å²) >= 11 is 12.8. The van der Waals surface area contributed by atoms with Gasteiger partial charge < -0.3 is 4.90 Å². The van der Waals surface area contributed by atoms with Gasteiger partial charge in [-0.15, -0.1) is 0 Å². The second-order valence-corrected chi connectivity index (χ2v) is 12.0. The monoisotopic (exact) mass is 504 g/mol. The molecule has 2 aromatic heterocycles. The first-order valence-electron chi connectivity index (χ1n) is 12.1. The number of halogens is 2. The molecular formula is C26H34Cl2N4O2. The van der Waals surface area contributed by atoms with E-state index in [2.05, 4.69) is 30.9 Å². The van der Waals surface area contributed by atoms with Crippen molar-refractivity contribution in [3.63, 3.8) is 0 Å². The van der Waals surface area contributed by atoms with Gasteiger partial charge in [-0.25, -0.2) is 0 Å². The van der Waals surface area contributed by atoms with Crippen LogP contribution in [0.3, 0.4) is 0 Å². The molecule has 8 heteroatoms. The van der Waals surface area contributed by atoms with Crippen LogP contribution in [-0.4, -0.2) is 43.9 Å². The summed E-state index contributed by atoms with van der Waals surface area (Å²) in [5.41, 5.74) is 2.14. The number of likely N-dealkylation sites (tertiary alicyclic amines) is 1. The van der Waals surface area contributed by atoms with Gasteiger partial charge in [-0.2, -0.15) is 5.10 Å². The third kappa shape index (κ3) is 4.76. The van der Waals surface area contributed by atoms with Crippen LogP contribution in [0.2, 0.25) is 10.0 Å². The van der Waals surface area contributed by atoms with E-state index in [1.54, 1.807) is 25.5 Å². The Morgan fingerprint density at radius 3 is 2.29 bits per heavy atom. The van der Waals surface area contributed by atoms with Gasteiger partial charge in [0.1, 0.15) is 5.78 Å². The van der Waals surface area contributed by atoms with Crippen molar-refractivity contribution < 1.29 is 9.59 Å². The summed E-state index contributed by atoms with van der Waals surface area (Å²) in [4.78, 5) is 31.8. The zero-order valence-electron chi connectivity index (χ0n) is 20.7. The van der Waals surface area contributed by atoms with E-state index in [0.717, 1.165) is 43.4 Å². The Hall–Kier alpha value is -1.92. The maximum Gasteiger partial charge on any atom is 0.257 e. The van der Waals surface area contributed by atoms with Crippen LogP contribution in [0.25, 0.3) is 0 Å². The average Bonchev–Trinajstić information content (AvgIpc) is 3.29. The lowest BCUT2D eigenvalue weighted by molar-refractivity contribution is -0.127. The highest BCUT2D eigenvalue weighted by Gasteiger charge is 2.42. The van der Waals surface area contributed by atoms with E-state index in [4.69, 9.17) is 23.2 Å². The Labute approximate surface area is 212 Å². The number of rotatable bonds is 5. The zero-order valence-corrected chi connectivity index (χ0v) is 22.2. The van der Waals surface area contributed by atoms with E-state index in [9.17, 15) is 9.59 Å². The fraction of sp³-hybridized carbons (Fsp3) is 0.615. The molecule has 0 unspecified atom stereocenters. The smallest absolute Gasteiger partial charge is 0.257 e. The quantitative estimate of drug-likeness (QED) is 0.494. The molecule has 1 aliphatic carbocycles. The lowest BCUT2D eigenvalue weighted by Gasteiger charge is -2.35. The summed E-state index contributed by atoms with van der Waals surface area (Å²) in [5, 5.41) is 5.69. The molecule has 4 rings (SSSR count). The molecular weight excluding hydrogens is 471 g/mol. The van der Waals surface area contributed by atoms with Crippen LogP contribution in [0.5, 0.6) is 0 Å². The molecule has 1 saturated carbocycles. The number of Topliss-reactive ketones (excluding diaryl/α,β-unsaturated/α-hetero) is 1. The fourth-order valence-corrected chi connectivity index (χ4v) is 6.20. The summed E-state index contributed by atoms with van der Waals surface area (Å²) in [6.45, 7) is 10.8. The van der Waals surface area contributed by atoms with Crippen LogP contribution in [-0.2, 0) is 11.2 Å². The van der Waals surface area contributed by atoms with E-state index in [1.807, 2.05) is 16.5 Å². The van der Waals surface area contributed by atoms with Crippen molar-refractivity contribution in [3.05, 3.63) is 45.5 Å². The number of amides is 1. The predicted octanol–water partition coefficient (Wildman–Crippen LogP) is 6.09. The average molecular weight is 505 g/mol. The first kappa shape index (κ1) is 25.2. The predicted molar refractivity (Wildman–Crippen MR) is 134 cm³/mol. The van der Waals surface area contributed by atoms with E-state index >= 15 is 0 Å². The Bertz CT molecular complexity index is 1080. The van der Waals surface area contributed by atoms with Crippen LogP contribution in [0.1, 0.15) is 87.5 Å². The van der Waals surface area contributed by atoms with Gasteiger partial charge in [-0.1, -0.05) is 44.0 Å². The minimum absolute atomic E-state index is 0.00325. The molecule has 3 heterocycles. The number of pyridine rings is 1. The summed E-state index contributed by atoms with van der Waals surface area (Å²) in [7, 11) is 0. The lowest BCUT2D eigenvalue weighted by Crippen LogP contribution is -2.38. The van der Waals surface area contributed by atoms with Crippen molar-refractivity contribution in [3.8, 4) is 0 Å². The third-order valence-corrected chi connectivity index (χ3v) is 8.66. The van der Waals surface area contributed by atoms with E-state index in [-0.39, 0.29) is 34.6 Å². The van der Waals surface area contributed by atoms with Gasteiger partial charge in [0.25, 0.3) is 5.91 Å². The van der Waals surface area contributed by atoms with Gasteiger partial charge in [0.15, 0.2) is 0 Å². The largest absolute Gasteiger partial charge is 0.335 e. The molecule has 1 aliphatic heterocycles. The maximum atomic E-state index is 13.8. The summed E-state index contributed by atoms with van der Waals surface area (Å²) in [5.74, 6) is 0.265. The molecule has 0 aromatic carbocycles. The highest BCUT2D eigenvalue weighted by molar-refractivity contribution is 6.35. The van der Waals surface area contributed by atoms with Crippen molar-refractivity contribution in [1.82, 2.24) is 19.7 Å². The molecule has 2 aliphatic rings. The minimum atomic E-state index is -0.236. The van der Waals surface area contributed by atoms with E-state index in [1.165, 1.54) is 0 Å². The van der Waals surface area contributed by atoms with Crippen molar-refractivity contribution >= 4 is 34.9 Å². The number of carbonyl (C=O) groups is 2. The van der Waals surface area contributed by atoms with Crippen LogP contribution in [0.4, 0.5) is 0 Å². The number of hydrogen-bond acceptors (Lipinski definition) is 4. The summed E-state index contributed by atoms with van der Waals surface area (Å²) in [6, 6.07) is 0.211. The second-order valence-electron chi connectivity index (χ2n) is 11.2. The van der Waals surface area contributed by atoms with Gasteiger partial charge in [0, 0.05) is 36.1 Å². The van der Waals surface area contributed by atoms with Crippen LogP contribution >= 0.6 is 23.2 Å². The number of carbonyl (C=O) groups excluding carboxylic acids is 2. The van der Waals surface area contributed by atoms with Crippen molar-refractivity contribution in [2.75, 3.05) is 6.54 Å². The highest BCUT2D eigenvalue weighted by Crippen LogP contribution is 2.42. The lowest BCUT2D eigenvalue weighted by atomic mass is 9.71. The van der Waals surface area contributed by atoms with Crippen molar-refractivity contribution in [1.29, 1.82) is 0 Å². The van der Waals surface area contributed by atoms with Gasteiger partial charge in [-0.05, 0) is 63.4 Å². The molecule has 1 saturated heterocycles. The Kier molecular flexibility index (Phi) is 6.87. The molecule has 1 amide bonds. The van der Waals surface area contributed by atoms with Gasteiger partial charge in [-0.3, -0.25) is 19.3 Å². The zero-order chi connectivity index (χ0) is 24.8. The minimum Gasteiger partial charge on any atom is -0.335 e. The molecule has 2 fully saturated rings. The molecule has 0 spiro atoms. The van der Waals surface area contributed by atoms with Crippen LogP contribution in [0.15, 0.2) is 18.6 Å². The fourth-order valence-electron chi connectivity index (χ4n) is 5.68. The van der Waals surface area contributed by atoms with Crippen LogP contribution < -0.4 is 0 Å². The highest BCUT2D eigenvalue weighted by atomic mass is 35.5.